The van der Waals surface area contributed by atoms with Gasteiger partial charge in [0.2, 0.25) is 5.75 Å². The molecule has 0 heterocycles. The molecule has 130 valence electrons. The first-order valence-corrected chi connectivity index (χ1v) is 8.45. The first kappa shape index (κ1) is 19.3. The Morgan fingerprint density at radius 2 is 1.43 bits per heavy atom. The first-order valence-electron chi connectivity index (χ1n) is 8.45. The van der Waals surface area contributed by atoms with Crippen LogP contribution in [-0.4, -0.2) is 22.8 Å². The second-order valence-corrected chi connectivity index (χ2v) is 5.53. The maximum absolute atomic E-state index is 11.7. The van der Waals surface area contributed by atoms with Crippen LogP contribution in [0, 0.1) is 0 Å². The molecule has 0 aliphatic rings. The van der Waals surface area contributed by atoms with Gasteiger partial charge < -0.3 is 15.1 Å². The summed E-state index contributed by atoms with van der Waals surface area (Å²) in [5.41, 5.74) is 2.53. The third kappa shape index (κ3) is 4.38. The van der Waals surface area contributed by atoms with Crippen molar-refractivity contribution in [2.45, 2.75) is 66.2 Å². The number of carboxylic acid groups (broad SMARTS) is 1. The molecular weight excluding hydrogens is 296 g/mol. The fourth-order valence-corrected chi connectivity index (χ4v) is 2.90. The normalized spacial score (nSPS) is 10.8. The molecule has 0 atom stereocenters. The zero-order valence-corrected chi connectivity index (χ0v) is 14.6. The van der Waals surface area contributed by atoms with E-state index in [1.165, 1.54) is 0 Å². The van der Waals surface area contributed by atoms with E-state index in [0.29, 0.717) is 19.4 Å². The Bertz CT molecular complexity index is 537. The summed E-state index contributed by atoms with van der Waals surface area (Å²) in [7, 11) is 0. The van der Waals surface area contributed by atoms with Gasteiger partial charge in [-0.05, 0) is 37.3 Å². The third-order valence-corrected chi connectivity index (χ3v) is 3.73. The molecule has 0 spiro atoms. The number of rotatable bonds is 10. The van der Waals surface area contributed by atoms with Crippen molar-refractivity contribution in [2.24, 2.45) is 0 Å². The van der Waals surface area contributed by atoms with Gasteiger partial charge in [-0.2, -0.15) is 4.89 Å². The van der Waals surface area contributed by atoms with E-state index in [0.717, 1.165) is 42.4 Å². The molecule has 5 nitrogen and oxygen atoms in total. The summed E-state index contributed by atoms with van der Waals surface area (Å²) in [6.45, 7) is 8.19. The zero-order chi connectivity index (χ0) is 17.4. The van der Waals surface area contributed by atoms with E-state index < -0.39 is 5.97 Å². The quantitative estimate of drug-likeness (QED) is 0.496. The average Bonchev–Trinajstić information content (AvgIpc) is 2.50. The van der Waals surface area contributed by atoms with Gasteiger partial charge >= 0.3 is 5.97 Å². The van der Waals surface area contributed by atoms with Gasteiger partial charge in [0.25, 0.3) is 0 Å². The van der Waals surface area contributed by atoms with Gasteiger partial charge in [-0.15, -0.1) is 0 Å². The summed E-state index contributed by atoms with van der Waals surface area (Å²) in [5.74, 6) is -1.29. The Balaban J connectivity index is 3.70. The Morgan fingerprint density at radius 1 is 0.913 bits per heavy atom. The van der Waals surface area contributed by atoms with Crippen LogP contribution in [0.3, 0.4) is 0 Å². The lowest BCUT2D eigenvalue weighted by Crippen LogP contribution is -2.13. The largest absolute Gasteiger partial charge is 0.504 e. The zero-order valence-electron chi connectivity index (χ0n) is 14.6. The molecule has 1 aromatic carbocycles. The molecule has 0 saturated heterocycles. The maximum atomic E-state index is 11.7. The molecule has 0 aliphatic carbocycles. The maximum Gasteiger partial charge on any atom is 0.339 e. The van der Waals surface area contributed by atoms with Crippen LogP contribution in [0.4, 0.5) is 0 Å². The SMILES string of the molecule is CCCc1c(CCC)c(OOCC)c(O)c(C(=O)O)c1CCC. The highest BCUT2D eigenvalue weighted by Gasteiger charge is 2.27. The van der Waals surface area contributed by atoms with Crippen LogP contribution in [0.15, 0.2) is 0 Å². The molecule has 0 fully saturated rings. The van der Waals surface area contributed by atoms with E-state index in [1.54, 1.807) is 6.92 Å². The molecule has 2 N–H and O–H groups in total. The lowest BCUT2D eigenvalue weighted by atomic mass is 9.87. The Morgan fingerprint density at radius 3 is 1.91 bits per heavy atom. The molecule has 0 unspecified atom stereocenters. The van der Waals surface area contributed by atoms with E-state index in [9.17, 15) is 15.0 Å². The third-order valence-electron chi connectivity index (χ3n) is 3.73. The monoisotopic (exact) mass is 324 g/mol. The highest BCUT2D eigenvalue weighted by Crippen LogP contribution is 2.41. The van der Waals surface area contributed by atoms with Gasteiger partial charge in [-0.1, -0.05) is 40.0 Å². The topological polar surface area (TPSA) is 76.0 Å². The fourth-order valence-electron chi connectivity index (χ4n) is 2.90. The minimum Gasteiger partial charge on any atom is -0.504 e. The van der Waals surface area contributed by atoms with Crippen LogP contribution in [-0.2, 0) is 24.2 Å². The predicted octanol–water partition coefficient (Wildman–Crippen LogP) is 4.28. The number of carboxylic acids is 1. The minimum atomic E-state index is -1.13. The van der Waals surface area contributed by atoms with Gasteiger partial charge in [0.1, 0.15) is 5.56 Å². The van der Waals surface area contributed by atoms with Gasteiger partial charge in [-0.25, -0.2) is 4.79 Å². The number of aromatic hydroxyl groups is 1. The summed E-state index contributed by atoms with van der Waals surface area (Å²) in [6.07, 6.45) is 4.67. The van der Waals surface area contributed by atoms with E-state index in [2.05, 4.69) is 6.92 Å². The van der Waals surface area contributed by atoms with Crippen LogP contribution in [0.25, 0.3) is 0 Å². The van der Waals surface area contributed by atoms with Crippen LogP contribution >= 0.6 is 0 Å². The van der Waals surface area contributed by atoms with E-state index >= 15 is 0 Å². The summed E-state index contributed by atoms with van der Waals surface area (Å²) < 4.78 is 0. The summed E-state index contributed by atoms with van der Waals surface area (Å²) in [5, 5.41) is 20.1. The molecule has 0 aliphatic heterocycles. The van der Waals surface area contributed by atoms with Crippen molar-refractivity contribution < 1.29 is 24.8 Å². The number of hydrogen-bond donors (Lipinski definition) is 2. The lowest BCUT2D eigenvalue weighted by Gasteiger charge is -2.21. The standard InChI is InChI=1S/C18H28O5/c1-5-9-12-13(10-6-2)15(18(20)21)16(19)17(23-22-8-4)14(12)11-7-3/h19H,5-11H2,1-4H3,(H,20,21). The fraction of sp³-hybridized carbons (Fsp3) is 0.611. The smallest absolute Gasteiger partial charge is 0.339 e. The minimum absolute atomic E-state index is 0.0511. The second-order valence-electron chi connectivity index (χ2n) is 5.53. The number of phenols is 1. The van der Waals surface area contributed by atoms with E-state index in [1.807, 2.05) is 13.8 Å². The van der Waals surface area contributed by atoms with Gasteiger partial charge in [0.15, 0.2) is 5.75 Å². The van der Waals surface area contributed by atoms with Crippen molar-refractivity contribution in [3.63, 3.8) is 0 Å². The second kappa shape index (κ2) is 9.40. The number of benzene rings is 1. The van der Waals surface area contributed by atoms with Crippen molar-refractivity contribution in [2.75, 3.05) is 6.61 Å². The van der Waals surface area contributed by atoms with Crippen LogP contribution in [0.5, 0.6) is 11.5 Å². The van der Waals surface area contributed by atoms with Crippen molar-refractivity contribution in [3.8, 4) is 11.5 Å². The molecule has 0 bridgehead atoms. The predicted molar refractivity (Wildman–Crippen MR) is 89.3 cm³/mol. The van der Waals surface area contributed by atoms with Crippen LogP contribution < -0.4 is 4.89 Å². The Labute approximate surface area is 138 Å². The van der Waals surface area contributed by atoms with Gasteiger partial charge in [0.05, 0.1) is 6.61 Å². The number of carbonyl (C=O) groups is 1. The lowest BCUT2D eigenvalue weighted by molar-refractivity contribution is -0.203. The van der Waals surface area contributed by atoms with E-state index in [-0.39, 0.29) is 17.1 Å². The van der Waals surface area contributed by atoms with Crippen molar-refractivity contribution in [1.82, 2.24) is 0 Å². The average molecular weight is 324 g/mol. The Hall–Kier alpha value is -1.75. The van der Waals surface area contributed by atoms with Crippen LogP contribution in [0.1, 0.15) is 74.0 Å². The van der Waals surface area contributed by atoms with Crippen LogP contribution in [0.2, 0.25) is 0 Å². The summed E-state index contributed by atoms with van der Waals surface area (Å²) in [6, 6.07) is 0. The summed E-state index contributed by atoms with van der Waals surface area (Å²) >= 11 is 0. The molecule has 1 aromatic rings. The molecule has 0 radical (unpaired) electrons. The summed E-state index contributed by atoms with van der Waals surface area (Å²) in [4.78, 5) is 22.0. The molecular formula is C18H28O5. The number of hydrogen-bond acceptors (Lipinski definition) is 4. The molecule has 0 saturated carbocycles. The molecule has 5 heteroatoms. The van der Waals surface area contributed by atoms with Gasteiger partial charge in [-0.3, -0.25) is 0 Å². The highest BCUT2D eigenvalue weighted by atomic mass is 17.2. The van der Waals surface area contributed by atoms with E-state index in [4.69, 9.17) is 9.78 Å². The van der Waals surface area contributed by atoms with Crippen molar-refractivity contribution in [3.05, 3.63) is 22.3 Å². The molecule has 23 heavy (non-hydrogen) atoms. The molecule has 0 amide bonds. The molecule has 1 rings (SSSR count). The Kier molecular flexibility index (Phi) is 7.89. The molecule has 0 aromatic heterocycles. The number of aromatic carboxylic acids is 1. The highest BCUT2D eigenvalue weighted by molar-refractivity contribution is 5.94. The van der Waals surface area contributed by atoms with Crippen molar-refractivity contribution in [1.29, 1.82) is 0 Å². The van der Waals surface area contributed by atoms with Crippen molar-refractivity contribution >= 4 is 5.97 Å². The first-order chi connectivity index (χ1) is 11.0. The van der Waals surface area contributed by atoms with Gasteiger partial charge in [0, 0.05) is 5.56 Å².